The SMILES string of the molecule is O=C(NCCc1ccccc1)c1ccc(C(=O)NCc2ccccc2)cc1. The highest BCUT2D eigenvalue weighted by Gasteiger charge is 2.08. The first-order valence-electron chi connectivity index (χ1n) is 8.97. The van der Waals surface area contributed by atoms with E-state index in [1.54, 1.807) is 24.3 Å². The van der Waals surface area contributed by atoms with Gasteiger partial charge in [0.25, 0.3) is 11.8 Å². The molecule has 0 aliphatic rings. The zero-order valence-corrected chi connectivity index (χ0v) is 15.0. The van der Waals surface area contributed by atoms with E-state index in [0.29, 0.717) is 24.2 Å². The van der Waals surface area contributed by atoms with Gasteiger partial charge < -0.3 is 10.6 Å². The van der Waals surface area contributed by atoms with Gasteiger partial charge in [-0.1, -0.05) is 60.7 Å². The summed E-state index contributed by atoms with van der Waals surface area (Å²) < 4.78 is 0. The highest BCUT2D eigenvalue weighted by Crippen LogP contribution is 2.06. The van der Waals surface area contributed by atoms with E-state index in [1.165, 1.54) is 5.56 Å². The van der Waals surface area contributed by atoms with Gasteiger partial charge in [-0.25, -0.2) is 0 Å². The molecule has 3 aromatic rings. The minimum Gasteiger partial charge on any atom is -0.352 e. The van der Waals surface area contributed by atoms with Gasteiger partial charge in [0.15, 0.2) is 0 Å². The van der Waals surface area contributed by atoms with Gasteiger partial charge in [-0.15, -0.1) is 0 Å². The van der Waals surface area contributed by atoms with Crippen LogP contribution in [0.5, 0.6) is 0 Å². The fraction of sp³-hybridized carbons (Fsp3) is 0.130. The molecule has 3 rings (SSSR count). The molecule has 27 heavy (non-hydrogen) atoms. The molecule has 0 aromatic heterocycles. The summed E-state index contributed by atoms with van der Waals surface area (Å²) in [7, 11) is 0. The quantitative estimate of drug-likeness (QED) is 0.678. The average molecular weight is 358 g/mol. The Kier molecular flexibility index (Phi) is 6.36. The molecule has 0 fully saturated rings. The Bertz CT molecular complexity index is 875. The van der Waals surface area contributed by atoms with Crippen molar-refractivity contribution < 1.29 is 9.59 Å². The third kappa shape index (κ3) is 5.54. The van der Waals surface area contributed by atoms with Crippen LogP contribution in [0.1, 0.15) is 31.8 Å². The van der Waals surface area contributed by atoms with Crippen molar-refractivity contribution in [2.45, 2.75) is 13.0 Å². The number of carbonyl (C=O) groups excluding carboxylic acids is 2. The van der Waals surface area contributed by atoms with E-state index in [2.05, 4.69) is 10.6 Å². The summed E-state index contributed by atoms with van der Waals surface area (Å²) in [5, 5.41) is 5.78. The molecule has 0 bridgehead atoms. The average Bonchev–Trinajstić information content (AvgIpc) is 2.73. The molecule has 4 heteroatoms. The molecule has 0 saturated heterocycles. The Hall–Kier alpha value is -3.40. The van der Waals surface area contributed by atoms with Crippen molar-refractivity contribution in [1.29, 1.82) is 0 Å². The lowest BCUT2D eigenvalue weighted by Crippen LogP contribution is -2.26. The monoisotopic (exact) mass is 358 g/mol. The van der Waals surface area contributed by atoms with Gasteiger partial charge >= 0.3 is 0 Å². The van der Waals surface area contributed by atoms with E-state index in [-0.39, 0.29) is 11.8 Å². The fourth-order valence-corrected chi connectivity index (χ4v) is 2.72. The molecule has 0 spiro atoms. The van der Waals surface area contributed by atoms with Gasteiger partial charge in [0.1, 0.15) is 0 Å². The van der Waals surface area contributed by atoms with Gasteiger partial charge in [0.05, 0.1) is 0 Å². The van der Waals surface area contributed by atoms with Crippen LogP contribution in [0, 0.1) is 0 Å². The maximum Gasteiger partial charge on any atom is 0.251 e. The molecule has 0 aliphatic heterocycles. The lowest BCUT2D eigenvalue weighted by molar-refractivity contribution is 0.0940. The number of carbonyl (C=O) groups is 2. The van der Waals surface area contributed by atoms with Crippen LogP contribution < -0.4 is 10.6 Å². The van der Waals surface area contributed by atoms with Crippen LogP contribution >= 0.6 is 0 Å². The van der Waals surface area contributed by atoms with Crippen LogP contribution in [0.25, 0.3) is 0 Å². The summed E-state index contributed by atoms with van der Waals surface area (Å²) in [5.41, 5.74) is 3.30. The summed E-state index contributed by atoms with van der Waals surface area (Å²) in [5.74, 6) is -0.294. The molecular weight excluding hydrogens is 336 g/mol. The second-order valence-corrected chi connectivity index (χ2v) is 6.24. The Labute approximate surface area is 159 Å². The van der Waals surface area contributed by atoms with Crippen LogP contribution in [-0.2, 0) is 13.0 Å². The molecule has 0 aliphatic carbocycles. The van der Waals surface area contributed by atoms with E-state index in [4.69, 9.17) is 0 Å². The first-order chi connectivity index (χ1) is 13.2. The second kappa shape index (κ2) is 9.34. The van der Waals surface area contributed by atoms with Crippen LogP contribution in [0.3, 0.4) is 0 Å². The molecule has 3 aromatic carbocycles. The lowest BCUT2D eigenvalue weighted by atomic mass is 10.1. The number of hydrogen-bond acceptors (Lipinski definition) is 2. The Morgan fingerprint density at radius 1 is 0.593 bits per heavy atom. The molecule has 0 saturated carbocycles. The van der Waals surface area contributed by atoms with Crippen LogP contribution in [0.4, 0.5) is 0 Å². The van der Waals surface area contributed by atoms with Crippen molar-refractivity contribution in [3.63, 3.8) is 0 Å². The number of amides is 2. The van der Waals surface area contributed by atoms with Crippen molar-refractivity contribution >= 4 is 11.8 Å². The molecule has 2 N–H and O–H groups in total. The van der Waals surface area contributed by atoms with Crippen molar-refractivity contribution in [3.05, 3.63) is 107 Å². The maximum atomic E-state index is 12.2. The Morgan fingerprint density at radius 3 is 1.63 bits per heavy atom. The summed E-state index contributed by atoms with van der Waals surface area (Å²) in [6.07, 6.45) is 0.784. The predicted molar refractivity (Wildman–Crippen MR) is 107 cm³/mol. The normalized spacial score (nSPS) is 10.2. The third-order valence-corrected chi connectivity index (χ3v) is 4.25. The fourth-order valence-electron chi connectivity index (χ4n) is 2.72. The summed E-state index contributed by atoms with van der Waals surface area (Å²) in [4.78, 5) is 24.4. The van der Waals surface area contributed by atoms with E-state index >= 15 is 0 Å². The second-order valence-electron chi connectivity index (χ2n) is 6.24. The summed E-state index contributed by atoms with van der Waals surface area (Å²) in [6.45, 7) is 1.05. The first kappa shape index (κ1) is 18.4. The van der Waals surface area contributed by atoms with E-state index in [1.807, 2.05) is 60.7 Å². The largest absolute Gasteiger partial charge is 0.352 e. The highest BCUT2D eigenvalue weighted by molar-refractivity contribution is 5.97. The van der Waals surface area contributed by atoms with Crippen molar-refractivity contribution in [2.75, 3.05) is 6.54 Å². The minimum atomic E-state index is -0.158. The van der Waals surface area contributed by atoms with Crippen LogP contribution in [-0.4, -0.2) is 18.4 Å². The number of nitrogens with one attached hydrogen (secondary N) is 2. The number of hydrogen-bond donors (Lipinski definition) is 2. The zero-order valence-electron chi connectivity index (χ0n) is 15.0. The molecule has 0 radical (unpaired) electrons. The Morgan fingerprint density at radius 2 is 1.07 bits per heavy atom. The molecule has 0 atom stereocenters. The van der Waals surface area contributed by atoms with E-state index < -0.39 is 0 Å². The van der Waals surface area contributed by atoms with Crippen LogP contribution in [0.15, 0.2) is 84.9 Å². The van der Waals surface area contributed by atoms with Gasteiger partial charge in [0.2, 0.25) is 0 Å². The molecule has 4 nitrogen and oxygen atoms in total. The molecule has 2 amide bonds. The highest BCUT2D eigenvalue weighted by atomic mass is 16.2. The van der Waals surface area contributed by atoms with Gasteiger partial charge in [-0.2, -0.15) is 0 Å². The third-order valence-electron chi connectivity index (χ3n) is 4.25. The number of rotatable bonds is 7. The lowest BCUT2D eigenvalue weighted by Gasteiger charge is -2.08. The van der Waals surface area contributed by atoms with Gasteiger partial charge in [-0.05, 0) is 41.8 Å². The van der Waals surface area contributed by atoms with E-state index in [0.717, 1.165) is 12.0 Å². The minimum absolute atomic E-state index is 0.137. The molecule has 0 heterocycles. The smallest absolute Gasteiger partial charge is 0.251 e. The van der Waals surface area contributed by atoms with E-state index in [9.17, 15) is 9.59 Å². The standard InChI is InChI=1S/C23H22N2O2/c26-22(24-16-15-18-7-3-1-4-8-18)20-11-13-21(14-12-20)23(27)25-17-19-9-5-2-6-10-19/h1-14H,15-17H2,(H,24,26)(H,25,27). The van der Waals surface area contributed by atoms with Crippen molar-refractivity contribution in [2.24, 2.45) is 0 Å². The molecular formula is C23H22N2O2. The maximum absolute atomic E-state index is 12.2. The molecule has 0 unspecified atom stereocenters. The Balaban J connectivity index is 1.48. The summed E-state index contributed by atoms with van der Waals surface area (Å²) in [6, 6.07) is 26.4. The first-order valence-corrected chi connectivity index (χ1v) is 8.97. The summed E-state index contributed by atoms with van der Waals surface area (Å²) >= 11 is 0. The van der Waals surface area contributed by atoms with Gasteiger partial charge in [-0.3, -0.25) is 9.59 Å². The van der Waals surface area contributed by atoms with Crippen molar-refractivity contribution in [3.8, 4) is 0 Å². The zero-order chi connectivity index (χ0) is 18.9. The van der Waals surface area contributed by atoms with Crippen molar-refractivity contribution in [1.82, 2.24) is 10.6 Å². The van der Waals surface area contributed by atoms with Gasteiger partial charge in [0, 0.05) is 24.2 Å². The van der Waals surface area contributed by atoms with Crippen LogP contribution in [0.2, 0.25) is 0 Å². The molecule has 136 valence electrons. The topological polar surface area (TPSA) is 58.2 Å². The predicted octanol–water partition coefficient (Wildman–Crippen LogP) is 3.59. The number of benzene rings is 3.